The van der Waals surface area contributed by atoms with Crippen LogP contribution in [0.5, 0.6) is 0 Å². The van der Waals surface area contributed by atoms with Crippen molar-refractivity contribution in [3.63, 3.8) is 0 Å². The monoisotopic (exact) mass is 307 g/mol. The van der Waals surface area contributed by atoms with E-state index in [2.05, 4.69) is 24.3 Å². The number of rotatable bonds is 6. The highest BCUT2D eigenvalue weighted by Gasteiger charge is 2.21. The zero-order valence-electron chi connectivity index (χ0n) is 12.8. The largest absolute Gasteiger partial charge is 0.350 e. The van der Waals surface area contributed by atoms with Crippen LogP contribution in [0.4, 0.5) is 0 Å². The van der Waals surface area contributed by atoms with Gasteiger partial charge < -0.3 is 5.32 Å². The number of aromatic nitrogens is 2. The fraction of sp³-hybridized carbons (Fsp3) is 0.500. The molecule has 0 radical (unpaired) electrons. The van der Waals surface area contributed by atoms with Crippen LogP contribution in [0.15, 0.2) is 24.3 Å². The van der Waals surface area contributed by atoms with E-state index in [0.29, 0.717) is 18.1 Å². The number of halogens is 1. The highest BCUT2D eigenvalue weighted by Crippen LogP contribution is 2.22. The Morgan fingerprint density at radius 2 is 2.10 bits per heavy atom. The van der Waals surface area contributed by atoms with Gasteiger partial charge in [0.05, 0.1) is 5.52 Å². The molecule has 0 bridgehead atoms. The van der Waals surface area contributed by atoms with Gasteiger partial charge >= 0.3 is 0 Å². The molecule has 1 aromatic carbocycles. The molecule has 2 rings (SSSR count). The lowest BCUT2D eigenvalue weighted by Gasteiger charge is -2.24. The molecule has 0 aliphatic heterocycles. The minimum atomic E-state index is -0.120. The van der Waals surface area contributed by atoms with E-state index in [4.69, 9.17) is 11.6 Å². The van der Waals surface area contributed by atoms with E-state index in [1.54, 1.807) is 4.68 Å². The van der Waals surface area contributed by atoms with E-state index in [9.17, 15) is 4.79 Å². The number of hydrogen-bond acceptors (Lipinski definition) is 2. The van der Waals surface area contributed by atoms with Gasteiger partial charge in [-0.3, -0.25) is 9.48 Å². The molecule has 114 valence electrons. The molecule has 0 saturated carbocycles. The molecule has 0 spiro atoms. The molecule has 1 heterocycles. The Morgan fingerprint density at radius 1 is 1.38 bits per heavy atom. The van der Waals surface area contributed by atoms with Crippen molar-refractivity contribution in [2.24, 2.45) is 12.5 Å². The van der Waals surface area contributed by atoms with E-state index in [1.165, 1.54) is 0 Å². The van der Waals surface area contributed by atoms with Gasteiger partial charge in [0.2, 0.25) is 0 Å². The Bertz CT molecular complexity index is 633. The molecule has 0 aliphatic carbocycles. The third-order valence-electron chi connectivity index (χ3n) is 3.69. The Hall–Kier alpha value is -1.55. The Labute approximate surface area is 130 Å². The minimum absolute atomic E-state index is 0.0368. The maximum absolute atomic E-state index is 12.4. The first-order valence-corrected chi connectivity index (χ1v) is 7.74. The molecular formula is C16H22ClN3O. The summed E-state index contributed by atoms with van der Waals surface area (Å²) in [6.07, 6.45) is 1.94. The number of nitrogens with one attached hydrogen (secondary N) is 1. The summed E-state index contributed by atoms with van der Waals surface area (Å²) in [7, 11) is 1.85. The summed E-state index contributed by atoms with van der Waals surface area (Å²) in [5.41, 5.74) is 1.49. The fourth-order valence-electron chi connectivity index (χ4n) is 2.42. The standard InChI is InChI=1S/C16H22ClN3O/c1-16(2,9-6-10-17)11-18-15(21)14-12-7-4-5-8-13(12)20(3)19-14/h4-5,7-8H,6,9-11H2,1-3H3,(H,18,21). The first kappa shape index (κ1) is 15.8. The quantitative estimate of drug-likeness (QED) is 0.832. The Balaban J connectivity index is 2.09. The van der Waals surface area contributed by atoms with Gasteiger partial charge in [-0.1, -0.05) is 32.0 Å². The van der Waals surface area contributed by atoms with E-state index in [1.807, 2.05) is 31.3 Å². The van der Waals surface area contributed by atoms with Crippen LogP contribution in [0.25, 0.3) is 10.9 Å². The van der Waals surface area contributed by atoms with Gasteiger partial charge in [-0.15, -0.1) is 11.6 Å². The summed E-state index contributed by atoms with van der Waals surface area (Å²) in [5, 5.41) is 8.22. The SMILES string of the molecule is Cn1nc(C(=O)NCC(C)(C)CCCCl)c2ccccc21. The number of aryl methyl sites for hydroxylation is 1. The molecule has 2 aromatic rings. The molecular weight excluding hydrogens is 286 g/mol. The third kappa shape index (κ3) is 3.76. The molecule has 4 nitrogen and oxygen atoms in total. The molecule has 1 N–H and O–H groups in total. The van der Waals surface area contributed by atoms with Crippen molar-refractivity contribution in [2.75, 3.05) is 12.4 Å². The summed E-state index contributed by atoms with van der Waals surface area (Å²) >= 11 is 5.73. The predicted molar refractivity (Wildman–Crippen MR) is 86.8 cm³/mol. The average Bonchev–Trinajstić information content (AvgIpc) is 2.81. The Morgan fingerprint density at radius 3 is 2.81 bits per heavy atom. The second kappa shape index (κ2) is 6.48. The predicted octanol–water partition coefficient (Wildman–Crippen LogP) is 3.35. The van der Waals surface area contributed by atoms with Crippen LogP contribution >= 0.6 is 11.6 Å². The average molecular weight is 308 g/mol. The van der Waals surface area contributed by atoms with Crippen molar-refractivity contribution in [1.29, 1.82) is 0 Å². The lowest BCUT2D eigenvalue weighted by atomic mass is 9.88. The van der Waals surface area contributed by atoms with Crippen molar-refractivity contribution in [3.8, 4) is 0 Å². The van der Waals surface area contributed by atoms with Crippen LogP contribution in [0, 0.1) is 5.41 Å². The number of nitrogens with zero attached hydrogens (tertiary/aromatic N) is 2. The topological polar surface area (TPSA) is 46.9 Å². The molecule has 0 unspecified atom stereocenters. The lowest BCUT2D eigenvalue weighted by Crippen LogP contribution is -2.34. The number of amides is 1. The molecule has 0 aliphatic rings. The van der Waals surface area contributed by atoms with Crippen LogP contribution in [0.3, 0.4) is 0 Å². The molecule has 5 heteroatoms. The first-order chi connectivity index (χ1) is 9.94. The van der Waals surface area contributed by atoms with Gasteiger partial charge in [0.15, 0.2) is 5.69 Å². The van der Waals surface area contributed by atoms with Gasteiger partial charge in [-0.2, -0.15) is 5.10 Å². The Kier molecular flexibility index (Phi) is 4.88. The maximum Gasteiger partial charge on any atom is 0.272 e. The van der Waals surface area contributed by atoms with Crippen LogP contribution in [-0.2, 0) is 7.05 Å². The van der Waals surface area contributed by atoms with Crippen molar-refractivity contribution < 1.29 is 4.79 Å². The van der Waals surface area contributed by atoms with E-state index in [0.717, 1.165) is 23.7 Å². The van der Waals surface area contributed by atoms with Gasteiger partial charge in [0.1, 0.15) is 0 Å². The van der Waals surface area contributed by atoms with Crippen LogP contribution in [0.2, 0.25) is 0 Å². The summed E-state index contributed by atoms with van der Waals surface area (Å²) < 4.78 is 1.74. The summed E-state index contributed by atoms with van der Waals surface area (Å²) in [4.78, 5) is 12.4. The van der Waals surface area contributed by atoms with Crippen LogP contribution < -0.4 is 5.32 Å². The third-order valence-corrected chi connectivity index (χ3v) is 3.95. The number of alkyl halides is 1. The number of carbonyl (C=O) groups excluding carboxylic acids is 1. The van der Waals surface area contributed by atoms with Crippen LogP contribution in [-0.4, -0.2) is 28.1 Å². The highest BCUT2D eigenvalue weighted by atomic mass is 35.5. The summed E-state index contributed by atoms with van der Waals surface area (Å²) in [6, 6.07) is 7.76. The molecule has 21 heavy (non-hydrogen) atoms. The summed E-state index contributed by atoms with van der Waals surface area (Å²) in [6.45, 7) is 4.89. The number of benzene rings is 1. The molecule has 1 amide bonds. The maximum atomic E-state index is 12.4. The van der Waals surface area contributed by atoms with E-state index >= 15 is 0 Å². The van der Waals surface area contributed by atoms with Gasteiger partial charge in [-0.05, 0) is 24.3 Å². The number of para-hydroxylation sites is 1. The second-order valence-electron chi connectivity index (χ2n) is 6.13. The normalized spacial score (nSPS) is 11.8. The number of hydrogen-bond donors (Lipinski definition) is 1. The molecule has 0 fully saturated rings. The number of fused-ring (bicyclic) bond motifs is 1. The smallest absolute Gasteiger partial charge is 0.272 e. The zero-order chi connectivity index (χ0) is 15.5. The fourth-order valence-corrected chi connectivity index (χ4v) is 2.55. The van der Waals surface area contributed by atoms with Crippen molar-refractivity contribution >= 4 is 28.4 Å². The zero-order valence-corrected chi connectivity index (χ0v) is 13.6. The molecule has 0 atom stereocenters. The van der Waals surface area contributed by atoms with E-state index < -0.39 is 0 Å². The van der Waals surface area contributed by atoms with E-state index in [-0.39, 0.29) is 11.3 Å². The van der Waals surface area contributed by atoms with Crippen molar-refractivity contribution in [2.45, 2.75) is 26.7 Å². The number of carbonyl (C=O) groups is 1. The van der Waals surface area contributed by atoms with Crippen molar-refractivity contribution in [1.82, 2.24) is 15.1 Å². The first-order valence-electron chi connectivity index (χ1n) is 7.20. The highest BCUT2D eigenvalue weighted by molar-refractivity contribution is 6.17. The lowest BCUT2D eigenvalue weighted by molar-refractivity contribution is 0.0930. The molecule has 0 saturated heterocycles. The second-order valence-corrected chi connectivity index (χ2v) is 6.51. The van der Waals surface area contributed by atoms with Crippen molar-refractivity contribution in [3.05, 3.63) is 30.0 Å². The van der Waals surface area contributed by atoms with Gasteiger partial charge in [0.25, 0.3) is 5.91 Å². The van der Waals surface area contributed by atoms with Gasteiger partial charge in [0, 0.05) is 24.9 Å². The molecule has 1 aromatic heterocycles. The summed E-state index contributed by atoms with van der Waals surface area (Å²) in [5.74, 6) is 0.535. The minimum Gasteiger partial charge on any atom is -0.350 e. The van der Waals surface area contributed by atoms with Gasteiger partial charge in [-0.25, -0.2) is 0 Å². The van der Waals surface area contributed by atoms with Crippen LogP contribution in [0.1, 0.15) is 37.2 Å².